The number of halogens is 1. The third kappa shape index (κ3) is 2.54. The molecule has 0 aliphatic rings. The Morgan fingerprint density at radius 3 is 2.42 bits per heavy atom. The molecule has 2 N–H and O–H groups in total. The Kier molecular flexibility index (Phi) is 3.45. The molecule has 1 aromatic heterocycles. The Balaban J connectivity index is 2.71. The molecule has 5 heteroatoms. The summed E-state index contributed by atoms with van der Waals surface area (Å²) in [6.07, 6.45) is 1.57. The maximum Gasteiger partial charge on any atom is 0.230 e. The summed E-state index contributed by atoms with van der Waals surface area (Å²) in [5.74, 6) is 0.824. The predicted octanol–water partition coefficient (Wildman–Crippen LogP) is 3.88. The molecule has 0 bridgehead atoms. The van der Waals surface area contributed by atoms with Gasteiger partial charge in [0.1, 0.15) is 5.75 Å². The third-order valence-corrected chi connectivity index (χ3v) is 3.28. The summed E-state index contributed by atoms with van der Waals surface area (Å²) >= 11 is 6.29. The molecule has 0 saturated carbocycles. The lowest BCUT2D eigenvalue weighted by atomic mass is 9.85. The second-order valence-corrected chi connectivity index (χ2v) is 5.80. The fourth-order valence-corrected chi connectivity index (χ4v) is 2.18. The molecule has 0 fully saturated rings. The number of ether oxygens (including phenoxy) is 1. The molecule has 0 atom stereocenters. The SMILES string of the molecule is COc1c(Cl)cc(C(C)(C)C)cc1-c1cnoc1N. The van der Waals surface area contributed by atoms with Gasteiger partial charge in [-0.05, 0) is 23.1 Å². The van der Waals surface area contributed by atoms with Crippen molar-refractivity contribution < 1.29 is 9.26 Å². The zero-order valence-electron chi connectivity index (χ0n) is 11.5. The van der Waals surface area contributed by atoms with Gasteiger partial charge in [0, 0.05) is 5.56 Å². The van der Waals surface area contributed by atoms with Gasteiger partial charge < -0.3 is 15.0 Å². The fourth-order valence-electron chi connectivity index (χ4n) is 1.88. The van der Waals surface area contributed by atoms with Gasteiger partial charge in [-0.2, -0.15) is 0 Å². The molecule has 0 aliphatic carbocycles. The zero-order valence-corrected chi connectivity index (χ0v) is 12.2. The van der Waals surface area contributed by atoms with E-state index in [-0.39, 0.29) is 11.3 Å². The van der Waals surface area contributed by atoms with Gasteiger partial charge in [-0.3, -0.25) is 0 Å². The summed E-state index contributed by atoms with van der Waals surface area (Å²) in [5, 5.41) is 4.24. The molecule has 4 nitrogen and oxygen atoms in total. The van der Waals surface area contributed by atoms with Crippen LogP contribution >= 0.6 is 11.6 Å². The molecule has 2 aromatic rings. The first-order chi connectivity index (χ1) is 8.84. The molecule has 1 heterocycles. The van der Waals surface area contributed by atoms with Crippen LogP contribution in [0.25, 0.3) is 11.1 Å². The standard InChI is InChI=1S/C14H17ClN2O2/c1-14(2,3)8-5-9(10-7-17-19-13(10)16)12(18-4)11(15)6-8/h5-7H,16H2,1-4H3. The number of rotatable bonds is 2. The van der Waals surface area contributed by atoms with Gasteiger partial charge in [0.2, 0.25) is 5.88 Å². The van der Waals surface area contributed by atoms with Gasteiger partial charge in [0.25, 0.3) is 0 Å². The van der Waals surface area contributed by atoms with E-state index in [0.29, 0.717) is 16.3 Å². The average molecular weight is 281 g/mol. The summed E-state index contributed by atoms with van der Waals surface area (Å²) in [4.78, 5) is 0. The van der Waals surface area contributed by atoms with Gasteiger partial charge >= 0.3 is 0 Å². The lowest BCUT2D eigenvalue weighted by Gasteiger charge is -2.21. The van der Waals surface area contributed by atoms with Crippen molar-refractivity contribution in [2.45, 2.75) is 26.2 Å². The van der Waals surface area contributed by atoms with E-state index in [1.165, 1.54) is 0 Å². The highest BCUT2D eigenvalue weighted by Gasteiger charge is 2.21. The quantitative estimate of drug-likeness (QED) is 0.907. The third-order valence-electron chi connectivity index (χ3n) is 3.00. The van der Waals surface area contributed by atoms with Gasteiger partial charge in [0.15, 0.2) is 0 Å². The van der Waals surface area contributed by atoms with E-state index < -0.39 is 0 Å². The molecular formula is C14H17ClN2O2. The van der Waals surface area contributed by atoms with Crippen molar-refractivity contribution in [1.29, 1.82) is 0 Å². The molecule has 0 unspecified atom stereocenters. The van der Waals surface area contributed by atoms with Crippen LogP contribution in [0.15, 0.2) is 22.9 Å². The number of methoxy groups -OCH3 is 1. The number of hydrogen-bond acceptors (Lipinski definition) is 4. The number of anilines is 1. The van der Waals surface area contributed by atoms with E-state index in [2.05, 4.69) is 25.9 Å². The van der Waals surface area contributed by atoms with Crippen LogP contribution in [0.3, 0.4) is 0 Å². The van der Waals surface area contributed by atoms with Crippen molar-refractivity contribution in [3.63, 3.8) is 0 Å². The number of nitrogen functional groups attached to an aromatic ring is 1. The van der Waals surface area contributed by atoms with E-state index >= 15 is 0 Å². The molecule has 0 amide bonds. The molecule has 19 heavy (non-hydrogen) atoms. The van der Waals surface area contributed by atoms with Crippen LogP contribution < -0.4 is 10.5 Å². The first-order valence-electron chi connectivity index (χ1n) is 5.93. The van der Waals surface area contributed by atoms with Crippen molar-refractivity contribution in [2.75, 3.05) is 12.8 Å². The first-order valence-corrected chi connectivity index (χ1v) is 6.31. The van der Waals surface area contributed by atoms with Crippen LogP contribution in [0.1, 0.15) is 26.3 Å². The molecule has 0 spiro atoms. The Morgan fingerprint density at radius 2 is 1.95 bits per heavy atom. The van der Waals surface area contributed by atoms with Crippen molar-refractivity contribution in [3.8, 4) is 16.9 Å². The Hall–Kier alpha value is -1.68. The van der Waals surface area contributed by atoms with E-state index in [1.807, 2.05) is 12.1 Å². The van der Waals surface area contributed by atoms with Crippen LogP contribution in [0.4, 0.5) is 5.88 Å². The smallest absolute Gasteiger partial charge is 0.230 e. The number of benzene rings is 1. The minimum Gasteiger partial charge on any atom is -0.495 e. The second-order valence-electron chi connectivity index (χ2n) is 5.39. The molecular weight excluding hydrogens is 264 g/mol. The van der Waals surface area contributed by atoms with Crippen molar-refractivity contribution in [3.05, 3.63) is 28.9 Å². The summed E-state index contributed by atoms with van der Waals surface area (Å²) in [5.41, 5.74) is 8.31. The highest BCUT2D eigenvalue weighted by molar-refractivity contribution is 6.32. The average Bonchev–Trinajstić information content (AvgIpc) is 2.73. The van der Waals surface area contributed by atoms with Gasteiger partial charge in [-0.15, -0.1) is 0 Å². The number of hydrogen-bond donors (Lipinski definition) is 1. The monoisotopic (exact) mass is 280 g/mol. The maximum atomic E-state index is 6.29. The fraction of sp³-hybridized carbons (Fsp3) is 0.357. The second kappa shape index (κ2) is 4.78. The van der Waals surface area contributed by atoms with Gasteiger partial charge in [0.05, 0.1) is 23.9 Å². The normalized spacial score (nSPS) is 11.6. The van der Waals surface area contributed by atoms with Crippen LogP contribution in [-0.4, -0.2) is 12.3 Å². The Labute approximate surface area is 117 Å². The van der Waals surface area contributed by atoms with Crippen LogP contribution in [0.2, 0.25) is 5.02 Å². The van der Waals surface area contributed by atoms with Crippen molar-refractivity contribution in [1.82, 2.24) is 5.16 Å². The van der Waals surface area contributed by atoms with E-state index in [1.54, 1.807) is 13.3 Å². The molecule has 102 valence electrons. The Bertz CT molecular complexity index is 600. The minimum atomic E-state index is -0.0312. The molecule has 0 aliphatic heterocycles. The number of nitrogens with two attached hydrogens (primary N) is 1. The van der Waals surface area contributed by atoms with E-state index in [0.717, 1.165) is 11.1 Å². The molecule has 2 rings (SSSR count). The van der Waals surface area contributed by atoms with Crippen LogP contribution in [0.5, 0.6) is 5.75 Å². The number of aromatic nitrogens is 1. The highest BCUT2D eigenvalue weighted by Crippen LogP contribution is 2.41. The highest BCUT2D eigenvalue weighted by atomic mass is 35.5. The summed E-state index contributed by atoms with van der Waals surface area (Å²) in [6, 6.07) is 3.92. The zero-order chi connectivity index (χ0) is 14.2. The number of nitrogens with zero attached hydrogens (tertiary/aromatic N) is 1. The minimum absolute atomic E-state index is 0.0312. The largest absolute Gasteiger partial charge is 0.495 e. The van der Waals surface area contributed by atoms with E-state index in [9.17, 15) is 0 Å². The maximum absolute atomic E-state index is 6.29. The van der Waals surface area contributed by atoms with Crippen molar-refractivity contribution >= 4 is 17.5 Å². The predicted molar refractivity (Wildman–Crippen MR) is 76.6 cm³/mol. The van der Waals surface area contributed by atoms with E-state index in [4.69, 9.17) is 26.6 Å². The summed E-state index contributed by atoms with van der Waals surface area (Å²) in [7, 11) is 1.57. The Morgan fingerprint density at radius 1 is 1.26 bits per heavy atom. The molecule has 0 radical (unpaired) electrons. The van der Waals surface area contributed by atoms with Gasteiger partial charge in [-0.1, -0.05) is 37.5 Å². The first kappa shape index (κ1) is 13.7. The summed E-state index contributed by atoms with van der Waals surface area (Å²) < 4.78 is 10.3. The molecule has 1 aromatic carbocycles. The lowest BCUT2D eigenvalue weighted by molar-refractivity contribution is 0.416. The van der Waals surface area contributed by atoms with Crippen LogP contribution in [-0.2, 0) is 5.41 Å². The molecule has 0 saturated heterocycles. The van der Waals surface area contributed by atoms with Gasteiger partial charge in [-0.25, -0.2) is 0 Å². The van der Waals surface area contributed by atoms with Crippen LogP contribution in [0, 0.1) is 0 Å². The summed E-state index contributed by atoms with van der Waals surface area (Å²) in [6.45, 7) is 6.35. The lowest BCUT2D eigenvalue weighted by Crippen LogP contribution is -2.11. The van der Waals surface area contributed by atoms with Crippen molar-refractivity contribution in [2.24, 2.45) is 0 Å². The topological polar surface area (TPSA) is 61.3 Å².